The van der Waals surface area contributed by atoms with Gasteiger partial charge in [-0.05, 0) is 74.0 Å². The molecule has 0 unspecified atom stereocenters. The molecular formula is C25H21F3N2O3S. The van der Waals surface area contributed by atoms with Crippen molar-refractivity contribution in [3.05, 3.63) is 84.1 Å². The summed E-state index contributed by atoms with van der Waals surface area (Å²) in [6.07, 6.45) is -2.62. The Bertz CT molecular complexity index is 1310. The van der Waals surface area contributed by atoms with E-state index in [1.54, 1.807) is 36.9 Å². The fourth-order valence-corrected chi connectivity index (χ4v) is 4.14. The largest absolute Gasteiger partial charge is 0.489 e. The highest BCUT2D eigenvalue weighted by atomic mass is 32.2. The number of halogens is 3. The third kappa shape index (κ3) is 5.36. The van der Waals surface area contributed by atoms with Crippen molar-refractivity contribution in [2.45, 2.75) is 36.3 Å². The van der Waals surface area contributed by atoms with E-state index in [0.717, 1.165) is 28.0 Å². The van der Waals surface area contributed by atoms with Crippen LogP contribution in [-0.2, 0) is 17.6 Å². The monoisotopic (exact) mass is 486 g/mol. The minimum Gasteiger partial charge on any atom is -0.489 e. The number of nitrogens with zero attached hydrogens (tertiary/aromatic N) is 2. The lowest BCUT2D eigenvalue weighted by Gasteiger charge is -2.18. The van der Waals surface area contributed by atoms with Crippen LogP contribution >= 0.6 is 11.8 Å². The molecule has 3 aromatic carbocycles. The van der Waals surface area contributed by atoms with E-state index in [1.807, 2.05) is 30.3 Å². The first-order valence-electron chi connectivity index (χ1n) is 10.3. The molecule has 0 bridgehead atoms. The van der Waals surface area contributed by atoms with E-state index in [0.29, 0.717) is 23.6 Å². The Morgan fingerprint density at radius 3 is 2.32 bits per heavy atom. The number of carboxylic acid groups (broad SMARTS) is 1. The SMILES string of the molecule is CC(C)(Sc1ccc(OCc2ccc3cn(-c4ccc(C(F)(F)F)cc4)nc3c2)cc1)C(=O)O. The average molecular weight is 487 g/mol. The van der Waals surface area contributed by atoms with Crippen LogP contribution in [0.1, 0.15) is 25.0 Å². The summed E-state index contributed by atoms with van der Waals surface area (Å²) in [4.78, 5) is 12.1. The third-order valence-electron chi connectivity index (χ3n) is 5.15. The van der Waals surface area contributed by atoms with E-state index in [4.69, 9.17) is 4.74 Å². The number of carbonyl (C=O) groups is 1. The molecule has 5 nitrogen and oxygen atoms in total. The summed E-state index contributed by atoms with van der Waals surface area (Å²) in [6, 6.07) is 17.7. The zero-order chi connectivity index (χ0) is 24.5. The Balaban J connectivity index is 1.43. The summed E-state index contributed by atoms with van der Waals surface area (Å²) in [6.45, 7) is 3.61. The van der Waals surface area contributed by atoms with Gasteiger partial charge in [-0.25, -0.2) is 4.68 Å². The van der Waals surface area contributed by atoms with Crippen molar-refractivity contribution in [3.8, 4) is 11.4 Å². The quantitative estimate of drug-likeness (QED) is 0.299. The summed E-state index contributed by atoms with van der Waals surface area (Å²) < 4.78 is 44.8. The maximum Gasteiger partial charge on any atom is 0.416 e. The van der Waals surface area contributed by atoms with Crippen LogP contribution < -0.4 is 4.74 Å². The van der Waals surface area contributed by atoms with Gasteiger partial charge in [-0.15, -0.1) is 11.8 Å². The second-order valence-corrected chi connectivity index (χ2v) is 9.89. The van der Waals surface area contributed by atoms with Gasteiger partial charge < -0.3 is 9.84 Å². The van der Waals surface area contributed by atoms with Crippen molar-refractivity contribution in [1.29, 1.82) is 0 Å². The van der Waals surface area contributed by atoms with Crippen LogP contribution in [0, 0.1) is 0 Å². The molecular weight excluding hydrogens is 465 g/mol. The van der Waals surface area contributed by atoms with E-state index < -0.39 is 22.5 Å². The van der Waals surface area contributed by atoms with Crippen LogP contribution in [0.25, 0.3) is 16.6 Å². The highest BCUT2D eigenvalue weighted by molar-refractivity contribution is 8.01. The highest BCUT2D eigenvalue weighted by Crippen LogP contribution is 2.34. The zero-order valence-electron chi connectivity index (χ0n) is 18.3. The number of carboxylic acids is 1. The van der Waals surface area contributed by atoms with Crippen LogP contribution in [0.4, 0.5) is 13.2 Å². The summed E-state index contributed by atoms with van der Waals surface area (Å²) in [7, 11) is 0. The molecule has 0 spiro atoms. The molecule has 0 aliphatic heterocycles. The van der Waals surface area contributed by atoms with E-state index in [9.17, 15) is 23.1 Å². The number of fused-ring (bicyclic) bond motifs is 1. The van der Waals surface area contributed by atoms with Crippen molar-refractivity contribution in [3.63, 3.8) is 0 Å². The van der Waals surface area contributed by atoms with Crippen LogP contribution in [0.15, 0.2) is 77.8 Å². The third-order valence-corrected chi connectivity index (χ3v) is 6.34. The summed E-state index contributed by atoms with van der Waals surface area (Å²) in [5.74, 6) is -0.234. The van der Waals surface area contributed by atoms with Gasteiger partial charge in [0.2, 0.25) is 0 Å². The molecule has 9 heteroatoms. The van der Waals surface area contributed by atoms with Crippen LogP contribution in [-0.4, -0.2) is 25.6 Å². The number of aliphatic carboxylic acids is 1. The van der Waals surface area contributed by atoms with Crippen molar-refractivity contribution in [2.24, 2.45) is 0 Å². The van der Waals surface area contributed by atoms with Gasteiger partial charge in [0.25, 0.3) is 0 Å². The molecule has 0 aliphatic rings. The fourth-order valence-electron chi connectivity index (χ4n) is 3.20. The maximum atomic E-state index is 12.8. The van der Waals surface area contributed by atoms with Crippen LogP contribution in [0.2, 0.25) is 0 Å². The number of aromatic nitrogens is 2. The standard InChI is InChI=1S/C25H21F3N2O3S/c1-24(2,23(31)32)34-21-11-9-20(10-12-21)33-15-16-3-4-17-14-30(29-22(17)13-16)19-7-5-18(6-8-19)25(26,27)28/h3-14H,15H2,1-2H3,(H,31,32). The van der Waals surface area contributed by atoms with E-state index in [1.165, 1.54) is 23.9 Å². The second kappa shape index (κ2) is 9.06. The molecule has 176 valence electrons. The molecule has 0 aliphatic carbocycles. The lowest BCUT2D eigenvalue weighted by molar-refractivity contribution is -0.139. The lowest BCUT2D eigenvalue weighted by Crippen LogP contribution is -2.26. The topological polar surface area (TPSA) is 64.4 Å². The first kappa shape index (κ1) is 23.7. The van der Waals surface area contributed by atoms with E-state index in [-0.39, 0.29) is 0 Å². The number of thioether (sulfide) groups is 1. The molecule has 0 radical (unpaired) electrons. The number of alkyl halides is 3. The molecule has 0 fully saturated rings. The summed E-state index contributed by atoms with van der Waals surface area (Å²) >= 11 is 1.26. The van der Waals surface area contributed by atoms with Gasteiger partial charge in [-0.2, -0.15) is 18.3 Å². The smallest absolute Gasteiger partial charge is 0.416 e. The predicted molar refractivity (Wildman–Crippen MR) is 124 cm³/mol. The van der Waals surface area contributed by atoms with Gasteiger partial charge in [0.1, 0.15) is 17.1 Å². The number of rotatable bonds is 7. The molecule has 1 heterocycles. The molecule has 1 aromatic heterocycles. The Kier molecular flexibility index (Phi) is 6.31. The van der Waals surface area contributed by atoms with Gasteiger partial charge in [0.15, 0.2) is 0 Å². The van der Waals surface area contributed by atoms with E-state index in [2.05, 4.69) is 5.10 Å². The average Bonchev–Trinajstić information content (AvgIpc) is 3.21. The first-order valence-corrected chi connectivity index (χ1v) is 11.1. The Morgan fingerprint density at radius 2 is 1.71 bits per heavy atom. The molecule has 4 rings (SSSR count). The van der Waals surface area contributed by atoms with Gasteiger partial charge in [-0.1, -0.05) is 12.1 Å². The normalized spacial score (nSPS) is 12.1. The van der Waals surface area contributed by atoms with E-state index >= 15 is 0 Å². The van der Waals surface area contributed by atoms with Crippen molar-refractivity contribution in [2.75, 3.05) is 0 Å². The molecule has 4 aromatic rings. The van der Waals surface area contributed by atoms with Crippen molar-refractivity contribution in [1.82, 2.24) is 9.78 Å². The maximum absolute atomic E-state index is 12.8. The Labute approximate surface area is 198 Å². The van der Waals surface area contributed by atoms with Crippen LogP contribution in [0.5, 0.6) is 5.75 Å². The minimum absolute atomic E-state index is 0.302. The molecule has 0 saturated heterocycles. The summed E-state index contributed by atoms with van der Waals surface area (Å²) in [5.41, 5.74) is 1.41. The van der Waals surface area contributed by atoms with Crippen molar-refractivity contribution >= 4 is 28.6 Å². The van der Waals surface area contributed by atoms with Gasteiger partial charge >= 0.3 is 12.1 Å². The first-order chi connectivity index (χ1) is 16.0. The zero-order valence-corrected chi connectivity index (χ0v) is 19.2. The Hall–Kier alpha value is -3.46. The number of hydrogen-bond donors (Lipinski definition) is 1. The number of ether oxygens (including phenoxy) is 1. The number of benzene rings is 3. The predicted octanol–water partition coefficient (Wildman–Crippen LogP) is 6.58. The number of hydrogen-bond acceptors (Lipinski definition) is 4. The molecule has 1 N–H and O–H groups in total. The van der Waals surface area contributed by atoms with Crippen molar-refractivity contribution < 1.29 is 27.8 Å². The minimum atomic E-state index is -4.38. The Morgan fingerprint density at radius 1 is 1.03 bits per heavy atom. The highest BCUT2D eigenvalue weighted by Gasteiger charge is 2.30. The fraction of sp³-hybridized carbons (Fsp3) is 0.200. The summed E-state index contributed by atoms with van der Waals surface area (Å²) in [5, 5.41) is 14.6. The second-order valence-electron chi connectivity index (χ2n) is 8.19. The molecule has 0 amide bonds. The lowest BCUT2D eigenvalue weighted by atomic mass is 10.2. The molecule has 0 saturated carbocycles. The van der Waals surface area contributed by atoms with Gasteiger partial charge in [-0.3, -0.25) is 4.79 Å². The molecule has 0 atom stereocenters. The van der Waals surface area contributed by atoms with Gasteiger partial charge in [0.05, 0.1) is 16.8 Å². The molecule has 34 heavy (non-hydrogen) atoms. The van der Waals surface area contributed by atoms with Gasteiger partial charge in [0, 0.05) is 16.5 Å². The van der Waals surface area contributed by atoms with Crippen LogP contribution in [0.3, 0.4) is 0 Å².